The molecule has 0 radical (unpaired) electrons. The van der Waals surface area contributed by atoms with E-state index in [0.717, 1.165) is 21.7 Å². The molecule has 2 heterocycles. The van der Waals surface area contributed by atoms with E-state index in [1.807, 2.05) is 0 Å². The first kappa shape index (κ1) is 21.0. The van der Waals surface area contributed by atoms with Crippen LogP contribution < -0.4 is 5.32 Å². The van der Waals surface area contributed by atoms with Crippen molar-refractivity contribution < 1.29 is 28.3 Å². The fourth-order valence-corrected chi connectivity index (χ4v) is 5.96. The number of non-ortho nitro benzene ring substituents is 1. The van der Waals surface area contributed by atoms with Crippen molar-refractivity contribution in [2.45, 2.75) is 23.8 Å². The Labute approximate surface area is 179 Å². The lowest BCUT2D eigenvalue weighted by molar-refractivity contribution is -0.385. The van der Waals surface area contributed by atoms with Crippen molar-refractivity contribution in [2.75, 3.05) is 11.9 Å². The molecule has 13 heteroatoms. The van der Waals surface area contributed by atoms with Crippen molar-refractivity contribution in [3.63, 3.8) is 0 Å². The Morgan fingerprint density at radius 3 is 2.74 bits per heavy atom. The van der Waals surface area contributed by atoms with Gasteiger partial charge in [-0.2, -0.15) is 4.31 Å². The number of nitrogens with zero attached hydrogens (tertiary/aromatic N) is 3. The number of hydrogen-bond donors (Lipinski definition) is 3. The molecule has 2 aromatic carbocycles. The number of rotatable bonds is 5. The molecule has 0 aliphatic carbocycles. The number of fused-ring (bicyclic) bond motifs is 1. The molecule has 3 aromatic rings. The van der Waals surface area contributed by atoms with Gasteiger partial charge in [0.1, 0.15) is 6.04 Å². The van der Waals surface area contributed by atoms with Crippen LogP contribution >= 0.6 is 11.3 Å². The number of phenols is 2. The van der Waals surface area contributed by atoms with Crippen LogP contribution in [0.25, 0.3) is 10.2 Å². The SMILES string of the molecule is O=C(Nc1nc2cc(O)c(O)cc2s1)[C@@H]1CCCN1S(=O)(=O)c1cccc([N+](=O)[O-])c1. The van der Waals surface area contributed by atoms with Crippen LogP contribution in [0.3, 0.4) is 0 Å². The first-order valence-corrected chi connectivity index (χ1v) is 11.3. The first-order chi connectivity index (χ1) is 14.7. The molecular formula is C18H16N4O7S2. The fraction of sp³-hybridized carbons (Fsp3) is 0.222. The van der Waals surface area contributed by atoms with E-state index in [4.69, 9.17) is 0 Å². The van der Waals surface area contributed by atoms with E-state index >= 15 is 0 Å². The van der Waals surface area contributed by atoms with Crippen molar-refractivity contribution in [1.82, 2.24) is 9.29 Å². The maximum Gasteiger partial charge on any atom is 0.270 e. The number of aromatic hydroxyl groups is 2. The standard InChI is InChI=1S/C18H16N4O7S2/c23-14-8-12-16(9-15(14)24)30-18(19-12)20-17(25)13-5-2-6-21(13)31(28,29)11-4-1-3-10(7-11)22(26)27/h1,3-4,7-9,13,23-24H,2,5-6H2,(H,19,20,25)/t13-/m0/s1. The van der Waals surface area contributed by atoms with Gasteiger partial charge in [-0.25, -0.2) is 13.4 Å². The van der Waals surface area contributed by atoms with E-state index in [0.29, 0.717) is 16.6 Å². The number of sulfonamides is 1. The van der Waals surface area contributed by atoms with Gasteiger partial charge >= 0.3 is 0 Å². The minimum Gasteiger partial charge on any atom is -0.504 e. The number of nitro benzene ring substituents is 1. The molecule has 0 unspecified atom stereocenters. The molecule has 11 nitrogen and oxygen atoms in total. The van der Waals surface area contributed by atoms with Gasteiger partial charge in [0.05, 0.1) is 20.0 Å². The Hall–Kier alpha value is -3.29. The summed E-state index contributed by atoms with van der Waals surface area (Å²) in [6, 6.07) is 6.26. The number of anilines is 1. The van der Waals surface area contributed by atoms with Gasteiger partial charge in [0, 0.05) is 30.8 Å². The topological polar surface area (TPSA) is 163 Å². The van der Waals surface area contributed by atoms with Crippen LogP contribution in [0.2, 0.25) is 0 Å². The Balaban J connectivity index is 1.58. The molecule has 1 fully saturated rings. The van der Waals surface area contributed by atoms with Crippen LogP contribution in [-0.4, -0.2) is 51.3 Å². The van der Waals surface area contributed by atoms with E-state index in [1.54, 1.807) is 0 Å². The molecule has 162 valence electrons. The molecule has 0 saturated carbocycles. The number of amides is 1. The number of carbonyl (C=O) groups excluding carboxylic acids is 1. The van der Waals surface area contributed by atoms with Gasteiger partial charge in [0.25, 0.3) is 5.69 Å². The van der Waals surface area contributed by atoms with Crippen molar-refractivity contribution in [2.24, 2.45) is 0 Å². The molecule has 1 amide bonds. The quantitative estimate of drug-likeness (QED) is 0.294. The molecule has 0 bridgehead atoms. The summed E-state index contributed by atoms with van der Waals surface area (Å²) in [6.45, 7) is 0.102. The minimum atomic E-state index is -4.13. The lowest BCUT2D eigenvalue weighted by atomic mass is 10.2. The number of nitro groups is 1. The molecule has 1 atom stereocenters. The Morgan fingerprint density at radius 2 is 2.00 bits per heavy atom. The van der Waals surface area contributed by atoms with Crippen molar-refractivity contribution in [1.29, 1.82) is 0 Å². The van der Waals surface area contributed by atoms with Crippen molar-refractivity contribution in [3.05, 3.63) is 46.5 Å². The maximum atomic E-state index is 13.0. The Morgan fingerprint density at radius 1 is 1.26 bits per heavy atom. The third-order valence-corrected chi connectivity index (χ3v) is 7.69. The maximum absolute atomic E-state index is 13.0. The molecule has 1 aliphatic heterocycles. The average molecular weight is 464 g/mol. The summed E-state index contributed by atoms with van der Waals surface area (Å²) in [5.41, 5.74) is 0.00495. The summed E-state index contributed by atoms with van der Waals surface area (Å²) in [6.07, 6.45) is 0.736. The second-order valence-electron chi connectivity index (χ2n) is 6.85. The smallest absolute Gasteiger partial charge is 0.270 e. The summed E-state index contributed by atoms with van der Waals surface area (Å²) in [5, 5.41) is 32.9. The average Bonchev–Trinajstić information content (AvgIpc) is 3.36. The number of nitrogens with one attached hydrogen (secondary N) is 1. The fourth-order valence-electron chi connectivity index (χ4n) is 3.38. The number of benzene rings is 2. The predicted molar refractivity (Wildman–Crippen MR) is 112 cm³/mol. The zero-order valence-electron chi connectivity index (χ0n) is 15.8. The molecule has 4 rings (SSSR count). The highest BCUT2D eigenvalue weighted by molar-refractivity contribution is 7.89. The van der Waals surface area contributed by atoms with Crippen LogP contribution in [0.4, 0.5) is 10.8 Å². The van der Waals surface area contributed by atoms with Crippen molar-refractivity contribution >= 4 is 48.3 Å². The van der Waals surface area contributed by atoms with E-state index in [9.17, 15) is 33.5 Å². The number of phenolic OH excluding ortho intramolecular Hbond substituents is 2. The summed E-state index contributed by atoms with van der Waals surface area (Å²) in [4.78, 5) is 27.1. The summed E-state index contributed by atoms with van der Waals surface area (Å²) in [7, 11) is -4.13. The van der Waals surface area contributed by atoms with Crippen LogP contribution in [0.1, 0.15) is 12.8 Å². The molecule has 3 N–H and O–H groups in total. The van der Waals surface area contributed by atoms with Gasteiger partial charge < -0.3 is 15.5 Å². The monoisotopic (exact) mass is 464 g/mol. The van der Waals surface area contributed by atoms with Gasteiger partial charge in [0.2, 0.25) is 15.9 Å². The van der Waals surface area contributed by atoms with Crippen LogP contribution in [0.15, 0.2) is 41.3 Å². The van der Waals surface area contributed by atoms with E-state index < -0.39 is 26.9 Å². The molecule has 1 aromatic heterocycles. The van der Waals surface area contributed by atoms with Gasteiger partial charge in [-0.15, -0.1) is 0 Å². The highest BCUT2D eigenvalue weighted by Gasteiger charge is 2.40. The second-order valence-corrected chi connectivity index (χ2v) is 9.77. The zero-order valence-corrected chi connectivity index (χ0v) is 17.4. The highest BCUT2D eigenvalue weighted by Crippen LogP contribution is 2.35. The summed E-state index contributed by atoms with van der Waals surface area (Å²) >= 11 is 1.06. The summed E-state index contributed by atoms with van der Waals surface area (Å²) < 4.78 is 27.7. The summed E-state index contributed by atoms with van der Waals surface area (Å²) in [5.74, 6) is -1.25. The zero-order chi connectivity index (χ0) is 22.3. The van der Waals surface area contributed by atoms with Crippen LogP contribution in [0.5, 0.6) is 11.5 Å². The molecule has 31 heavy (non-hydrogen) atoms. The third kappa shape index (κ3) is 3.89. The van der Waals surface area contributed by atoms with Crippen molar-refractivity contribution in [3.8, 4) is 11.5 Å². The van der Waals surface area contributed by atoms with Crippen LogP contribution in [-0.2, 0) is 14.8 Å². The third-order valence-electron chi connectivity index (χ3n) is 4.86. The second kappa shape index (κ2) is 7.76. The van der Waals surface area contributed by atoms with E-state index in [1.165, 1.54) is 30.3 Å². The molecular weight excluding hydrogens is 448 g/mol. The predicted octanol–water partition coefficient (Wildman–Crippen LogP) is 2.41. The highest BCUT2D eigenvalue weighted by atomic mass is 32.2. The van der Waals surface area contributed by atoms with E-state index in [-0.39, 0.29) is 40.2 Å². The van der Waals surface area contributed by atoms with Gasteiger partial charge in [-0.05, 0) is 18.9 Å². The number of carbonyl (C=O) groups is 1. The van der Waals surface area contributed by atoms with Gasteiger partial charge in [0.15, 0.2) is 16.6 Å². The first-order valence-electron chi connectivity index (χ1n) is 9.06. The Kier molecular flexibility index (Phi) is 5.24. The van der Waals surface area contributed by atoms with E-state index in [2.05, 4.69) is 10.3 Å². The minimum absolute atomic E-state index is 0.102. The molecule has 0 spiro atoms. The van der Waals surface area contributed by atoms with Gasteiger partial charge in [-0.1, -0.05) is 17.4 Å². The Bertz CT molecular complexity index is 1270. The number of hydrogen-bond acceptors (Lipinski definition) is 9. The lowest BCUT2D eigenvalue weighted by Crippen LogP contribution is -2.43. The van der Waals surface area contributed by atoms with Crippen LogP contribution in [0, 0.1) is 10.1 Å². The molecule has 1 aliphatic rings. The number of aromatic nitrogens is 1. The largest absolute Gasteiger partial charge is 0.504 e. The number of thiazole rings is 1. The van der Waals surface area contributed by atoms with Gasteiger partial charge in [-0.3, -0.25) is 14.9 Å². The lowest BCUT2D eigenvalue weighted by Gasteiger charge is -2.22. The normalized spacial score (nSPS) is 17.1. The molecule has 1 saturated heterocycles.